The molecule has 0 spiro atoms. The highest BCUT2D eigenvalue weighted by molar-refractivity contribution is 6.00. The van der Waals surface area contributed by atoms with Gasteiger partial charge in [0.2, 0.25) is 5.91 Å². The van der Waals surface area contributed by atoms with E-state index >= 15 is 0 Å². The number of benzene rings is 1. The molecule has 3 aromatic rings. The van der Waals surface area contributed by atoms with Crippen LogP contribution in [0.2, 0.25) is 0 Å². The molecular weight excluding hydrogens is 483 g/mol. The molecule has 7 nitrogen and oxygen atoms in total. The van der Waals surface area contributed by atoms with Gasteiger partial charge in [0.1, 0.15) is 11.7 Å². The first-order valence-electron chi connectivity index (χ1n) is 12.4. The normalized spacial score (nSPS) is 21.3. The van der Waals surface area contributed by atoms with Crippen LogP contribution < -0.4 is 10.6 Å². The number of aryl methyl sites for hydroxylation is 2. The molecule has 37 heavy (non-hydrogen) atoms. The van der Waals surface area contributed by atoms with Gasteiger partial charge in [-0.2, -0.15) is 18.3 Å². The number of carbonyl (C=O) groups is 2. The van der Waals surface area contributed by atoms with Crippen molar-refractivity contribution < 1.29 is 22.8 Å². The van der Waals surface area contributed by atoms with Gasteiger partial charge in [0, 0.05) is 35.9 Å². The summed E-state index contributed by atoms with van der Waals surface area (Å²) < 4.78 is 42.3. The molecule has 10 heteroatoms. The van der Waals surface area contributed by atoms with Gasteiger partial charge >= 0.3 is 6.18 Å². The number of nitrogens with one attached hydrogen (secondary N) is 2. The van der Waals surface area contributed by atoms with Crippen molar-refractivity contribution in [1.29, 1.82) is 0 Å². The molecule has 2 N–H and O–H groups in total. The van der Waals surface area contributed by atoms with E-state index in [-0.39, 0.29) is 29.0 Å². The lowest BCUT2D eigenvalue weighted by atomic mass is 9.93. The molecule has 2 amide bonds. The van der Waals surface area contributed by atoms with Gasteiger partial charge < -0.3 is 10.6 Å². The highest BCUT2D eigenvalue weighted by Crippen LogP contribution is 2.55. The highest BCUT2D eigenvalue weighted by Gasteiger charge is 2.49. The molecule has 2 heterocycles. The quantitative estimate of drug-likeness (QED) is 0.463. The van der Waals surface area contributed by atoms with Crippen LogP contribution in [0.1, 0.15) is 47.9 Å². The zero-order valence-electron chi connectivity index (χ0n) is 20.5. The van der Waals surface area contributed by atoms with Crippen molar-refractivity contribution in [2.24, 2.45) is 17.8 Å². The van der Waals surface area contributed by atoms with E-state index in [1.807, 2.05) is 6.92 Å². The smallest absolute Gasteiger partial charge is 0.339 e. The number of aromatic nitrogens is 3. The number of alkyl halides is 3. The van der Waals surface area contributed by atoms with Crippen LogP contribution in [0.4, 0.5) is 18.9 Å². The molecular formula is C27H28F3N5O2. The summed E-state index contributed by atoms with van der Waals surface area (Å²) in [5, 5.41) is 9.91. The summed E-state index contributed by atoms with van der Waals surface area (Å²) >= 11 is 0. The second-order valence-electron chi connectivity index (χ2n) is 9.85. The Labute approximate surface area is 212 Å². The summed E-state index contributed by atoms with van der Waals surface area (Å²) in [4.78, 5) is 30.4. The number of rotatable bonds is 7. The second kappa shape index (κ2) is 9.64. The lowest BCUT2D eigenvalue weighted by Gasteiger charge is -2.25. The first kappa shape index (κ1) is 25.0. The molecule has 2 aromatic heterocycles. The van der Waals surface area contributed by atoms with Gasteiger partial charge in [0.15, 0.2) is 0 Å². The van der Waals surface area contributed by atoms with Crippen LogP contribution in [-0.2, 0) is 17.5 Å². The van der Waals surface area contributed by atoms with Crippen LogP contribution >= 0.6 is 0 Å². The summed E-state index contributed by atoms with van der Waals surface area (Å²) in [5.41, 5.74) is 0.691. The zero-order chi connectivity index (χ0) is 26.3. The van der Waals surface area contributed by atoms with E-state index in [1.54, 1.807) is 29.1 Å². The van der Waals surface area contributed by atoms with Crippen molar-refractivity contribution in [2.75, 3.05) is 5.32 Å². The second-order valence-corrected chi connectivity index (χ2v) is 9.85. The fourth-order valence-electron chi connectivity index (χ4n) is 5.53. The molecule has 194 valence electrons. The molecule has 2 saturated carbocycles. The van der Waals surface area contributed by atoms with Crippen LogP contribution in [-0.4, -0.2) is 32.6 Å². The molecule has 2 fully saturated rings. The van der Waals surface area contributed by atoms with E-state index in [0.29, 0.717) is 35.3 Å². The van der Waals surface area contributed by atoms with Crippen LogP contribution in [0.3, 0.4) is 0 Å². The van der Waals surface area contributed by atoms with Gasteiger partial charge in [-0.3, -0.25) is 19.3 Å². The Morgan fingerprint density at radius 2 is 1.76 bits per heavy atom. The average molecular weight is 512 g/mol. The van der Waals surface area contributed by atoms with Gasteiger partial charge in [0.25, 0.3) is 5.91 Å². The Hall–Kier alpha value is -3.69. The lowest BCUT2D eigenvalue weighted by Crippen LogP contribution is -2.48. The van der Waals surface area contributed by atoms with Crippen LogP contribution in [0, 0.1) is 24.7 Å². The number of amides is 2. The predicted octanol–water partition coefficient (Wildman–Crippen LogP) is 5.08. The maximum Gasteiger partial charge on any atom is 0.417 e. The van der Waals surface area contributed by atoms with Crippen molar-refractivity contribution in [1.82, 2.24) is 20.1 Å². The maximum absolute atomic E-state index is 13.6. The number of hydrogen-bond acceptors (Lipinski definition) is 4. The monoisotopic (exact) mass is 511 g/mol. The molecule has 2 aliphatic rings. The minimum atomic E-state index is -4.52. The topological polar surface area (TPSA) is 88.9 Å². The Morgan fingerprint density at radius 3 is 2.41 bits per heavy atom. The Morgan fingerprint density at radius 1 is 1.05 bits per heavy atom. The highest BCUT2D eigenvalue weighted by atomic mass is 19.4. The number of nitrogens with zero attached hydrogens (tertiary/aromatic N) is 3. The van der Waals surface area contributed by atoms with Gasteiger partial charge in [-0.1, -0.05) is 12.1 Å². The SMILES string of the molecule is CCn1nccc1C(=O)NC(C(=O)Nc1ccc(-c2c(C(F)(F)F)ccnc2C)cc1)C1C[C@@H]2C[C@@H]2C1. The average Bonchev–Trinajstić information content (AvgIpc) is 3.24. The summed E-state index contributed by atoms with van der Waals surface area (Å²) in [6, 6.07) is 8.06. The van der Waals surface area contributed by atoms with E-state index in [4.69, 9.17) is 0 Å². The van der Waals surface area contributed by atoms with Gasteiger partial charge in [-0.05, 0) is 80.7 Å². The fourth-order valence-corrected chi connectivity index (χ4v) is 5.53. The summed E-state index contributed by atoms with van der Waals surface area (Å²) in [5.74, 6) is 0.550. The first-order valence-corrected chi connectivity index (χ1v) is 12.4. The Kier molecular flexibility index (Phi) is 6.51. The van der Waals surface area contributed by atoms with Gasteiger partial charge in [-0.25, -0.2) is 0 Å². The third-order valence-electron chi connectivity index (χ3n) is 7.46. The molecule has 0 aliphatic heterocycles. The van der Waals surface area contributed by atoms with E-state index in [0.717, 1.165) is 25.1 Å². The molecule has 2 aliphatic carbocycles. The molecule has 2 unspecified atom stereocenters. The number of halogens is 3. The number of hydrogen-bond donors (Lipinski definition) is 2. The van der Waals surface area contributed by atoms with Crippen LogP contribution in [0.15, 0.2) is 48.8 Å². The fraction of sp³-hybridized carbons (Fsp3) is 0.407. The van der Waals surface area contributed by atoms with E-state index < -0.39 is 17.8 Å². The van der Waals surface area contributed by atoms with Crippen molar-refractivity contribution in [3.8, 4) is 11.1 Å². The lowest BCUT2D eigenvalue weighted by molar-refractivity contribution is -0.137. The molecule has 5 rings (SSSR count). The third-order valence-corrected chi connectivity index (χ3v) is 7.46. The minimum Gasteiger partial charge on any atom is -0.339 e. The van der Waals surface area contributed by atoms with E-state index in [2.05, 4.69) is 20.7 Å². The number of carbonyl (C=O) groups excluding carboxylic acids is 2. The summed E-state index contributed by atoms with van der Waals surface area (Å²) in [6.07, 6.45) is 1.12. The zero-order valence-corrected chi connectivity index (χ0v) is 20.5. The molecule has 0 saturated heterocycles. The van der Waals surface area contributed by atoms with Crippen molar-refractivity contribution in [3.05, 3.63) is 65.7 Å². The molecule has 4 atom stereocenters. The number of pyridine rings is 1. The molecule has 1 aromatic carbocycles. The maximum atomic E-state index is 13.6. The van der Waals surface area contributed by atoms with E-state index in [9.17, 15) is 22.8 Å². The Bertz CT molecular complexity index is 1310. The number of fused-ring (bicyclic) bond motifs is 1. The summed E-state index contributed by atoms with van der Waals surface area (Å²) in [7, 11) is 0. The predicted molar refractivity (Wildman–Crippen MR) is 132 cm³/mol. The van der Waals surface area contributed by atoms with Gasteiger partial charge in [-0.15, -0.1) is 0 Å². The summed E-state index contributed by atoms with van der Waals surface area (Å²) in [6.45, 7) is 3.94. The minimum absolute atomic E-state index is 0.00994. The largest absolute Gasteiger partial charge is 0.417 e. The standard InChI is InChI=1S/C27H28F3N5O2/c1-3-35-22(9-11-32-35)25(36)34-24(19-13-17-12-18(17)14-19)26(37)33-20-6-4-16(5-7-20)23-15(2)31-10-8-21(23)27(28,29)30/h4-11,17-19,24H,3,12-14H2,1-2H3,(H,33,37)(H,34,36)/t17-,18+,19?,24?. The van der Waals surface area contributed by atoms with E-state index in [1.165, 1.54) is 25.5 Å². The van der Waals surface area contributed by atoms with Crippen molar-refractivity contribution >= 4 is 17.5 Å². The van der Waals surface area contributed by atoms with Gasteiger partial charge in [0.05, 0.1) is 5.56 Å². The van der Waals surface area contributed by atoms with Crippen LogP contribution in [0.25, 0.3) is 11.1 Å². The first-order chi connectivity index (χ1) is 17.7. The molecule has 0 radical (unpaired) electrons. The Balaban J connectivity index is 1.35. The van der Waals surface area contributed by atoms with Crippen LogP contribution in [0.5, 0.6) is 0 Å². The van der Waals surface area contributed by atoms with Crippen molar-refractivity contribution in [3.63, 3.8) is 0 Å². The molecule has 0 bridgehead atoms. The number of anilines is 1. The van der Waals surface area contributed by atoms with Crippen molar-refractivity contribution in [2.45, 2.75) is 51.9 Å². The third kappa shape index (κ3) is 5.10.